The van der Waals surface area contributed by atoms with Gasteiger partial charge in [-0.3, -0.25) is 4.79 Å². The smallest absolute Gasteiger partial charge is 0.342 e. The summed E-state index contributed by atoms with van der Waals surface area (Å²) < 4.78 is 5.45. The maximum atomic E-state index is 12.9. The molecule has 0 unspecified atom stereocenters. The molecule has 4 fully saturated rings. The predicted molar refractivity (Wildman–Crippen MR) is 126 cm³/mol. The molecular weight excluding hydrogens is 412 g/mol. The summed E-state index contributed by atoms with van der Waals surface area (Å²) in [5.41, 5.74) is -0.105. The first-order valence-corrected chi connectivity index (χ1v) is 12.4. The standard InChI is InChI=1S/C29H34O4/c1-4-29(32)15-13-24-22-11-10-21-16-25(30)20(18-33-26(31)19-8-6-5-7-9-19)17-27(21,2)23(22)12-14-28(24,29)3/h1,5-9,18,21-24,32H,10-17H2,2-3H3/t21-,22+,23-,24-,27-,28-,29-/m0/s1. The van der Waals surface area contributed by atoms with Crippen LogP contribution < -0.4 is 0 Å². The number of ether oxygens (including phenoxy) is 1. The second kappa shape index (κ2) is 7.84. The van der Waals surface area contributed by atoms with Gasteiger partial charge in [0.15, 0.2) is 5.78 Å². The van der Waals surface area contributed by atoms with Crippen LogP contribution in [0.15, 0.2) is 42.2 Å². The minimum absolute atomic E-state index is 0.00000650. The summed E-state index contributed by atoms with van der Waals surface area (Å²) in [7, 11) is 0. The van der Waals surface area contributed by atoms with Crippen LogP contribution in [0.5, 0.6) is 0 Å². The van der Waals surface area contributed by atoms with Crippen molar-refractivity contribution in [2.24, 2.45) is 34.5 Å². The molecule has 1 aromatic rings. The third kappa shape index (κ3) is 3.31. The van der Waals surface area contributed by atoms with Crippen molar-refractivity contribution in [3.63, 3.8) is 0 Å². The molecule has 0 amide bonds. The fraction of sp³-hybridized carbons (Fsp3) is 0.586. The van der Waals surface area contributed by atoms with Gasteiger partial charge in [0.05, 0.1) is 5.56 Å². The van der Waals surface area contributed by atoms with E-state index in [-0.39, 0.29) is 16.6 Å². The van der Waals surface area contributed by atoms with Crippen LogP contribution in [0.2, 0.25) is 0 Å². The quantitative estimate of drug-likeness (QED) is 0.289. The first-order valence-electron chi connectivity index (χ1n) is 12.4. The van der Waals surface area contributed by atoms with Crippen LogP contribution in [0.1, 0.15) is 75.6 Å². The molecule has 0 spiro atoms. The highest BCUT2D eigenvalue weighted by Crippen LogP contribution is 2.68. The van der Waals surface area contributed by atoms with E-state index in [0.29, 0.717) is 54.1 Å². The van der Waals surface area contributed by atoms with E-state index in [1.54, 1.807) is 24.3 Å². The Morgan fingerprint density at radius 1 is 1.12 bits per heavy atom. The number of aliphatic hydroxyl groups is 1. The maximum Gasteiger partial charge on any atom is 0.342 e. The van der Waals surface area contributed by atoms with Crippen LogP contribution in [0.4, 0.5) is 0 Å². The molecule has 7 atom stereocenters. The third-order valence-corrected chi connectivity index (χ3v) is 10.1. The van der Waals surface area contributed by atoms with Crippen LogP contribution in [0.3, 0.4) is 0 Å². The molecular formula is C29H34O4. The van der Waals surface area contributed by atoms with Crippen molar-refractivity contribution >= 4 is 11.8 Å². The Labute approximate surface area is 196 Å². The third-order valence-electron chi connectivity index (χ3n) is 10.1. The number of esters is 1. The highest BCUT2D eigenvalue weighted by molar-refractivity contribution is 5.97. The molecule has 0 aromatic heterocycles. The highest BCUT2D eigenvalue weighted by atomic mass is 16.5. The average molecular weight is 447 g/mol. The lowest BCUT2D eigenvalue weighted by Crippen LogP contribution is -2.56. The van der Waals surface area contributed by atoms with E-state index in [4.69, 9.17) is 11.2 Å². The fourth-order valence-corrected chi connectivity index (χ4v) is 8.14. The predicted octanol–water partition coefficient (Wildman–Crippen LogP) is 5.31. The number of terminal acetylenes is 1. The number of Topliss-reactive ketones (excluding diaryl/α,β-unsaturated/α-hetero) is 1. The van der Waals surface area contributed by atoms with Crippen LogP contribution in [0, 0.1) is 46.8 Å². The van der Waals surface area contributed by atoms with Gasteiger partial charge >= 0.3 is 5.97 Å². The number of carbonyl (C=O) groups excluding carboxylic acids is 2. The molecule has 4 heteroatoms. The van der Waals surface area contributed by atoms with E-state index >= 15 is 0 Å². The number of hydrogen-bond donors (Lipinski definition) is 1. The van der Waals surface area contributed by atoms with Gasteiger partial charge in [-0.2, -0.15) is 0 Å². The Morgan fingerprint density at radius 3 is 2.58 bits per heavy atom. The summed E-state index contributed by atoms with van der Waals surface area (Å²) in [4.78, 5) is 25.4. The summed E-state index contributed by atoms with van der Waals surface area (Å²) in [6.07, 6.45) is 14.2. The van der Waals surface area contributed by atoms with E-state index in [9.17, 15) is 14.7 Å². The van der Waals surface area contributed by atoms with Gasteiger partial charge in [-0.05, 0) is 86.2 Å². The number of ketones is 1. The number of benzene rings is 1. The first kappa shape index (κ1) is 22.4. The summed E-state index contributed by atoms with van der Waals surface area (Å²) in [6.45, 7) is 4.55. The van der Waals surface area contributed by atoms with Crippen molar-refractivity contribution in [2.75, 3.05) is 0 Å². The number of rotatable bonds is 2. The molecule has 0 radical (unpaired) electrons. The monoisotopic (exact) mass is 446 g/mol. The van der Waals surface area contributed by atoms with E-state index < -0.39 is 11.6 Å². The minimum atomic E-state index is -1.00. The van der Waals surface area contributed by atoms with E-state index in [1.807, 2.05) is 6.07 Å². The van der Waals surface area contributed by atoms with Crippen molar-refractivity contribution in [2.45, 2.75) is 70.8 Å². The van der Waals surface area contributed by atoms with E-state index in [1.165, 1.54) is 6.26 Å². The molecule has 174 valence electrons. The molecule has 1 N–H and O–H groups in total. The molecule has 0 heterocycles. The average Bonchev–Trinajstić information content (AvgIpc) is 3.09. The molecule has 4 aliphatic rings. The maximum absolute atomic E-state index is 12.9. The summed E-state index contributed by atoms with van der Waals surface area (Å²) in [5.74, 6) is 4.24. The molecule has 4 saturated carbocycles. The van der Waals surface area contributed by atoms with Crippen molar-refractivity contribution in [1.29, 1.82) is 0 Å². The van der Waals surface area contributed by atoms with Crippen molar-refractivity contribution in [1.82, 2.24) is 0 Å². The minimum Gasteiger partial charge on any atom is -0.430 e. The van der Waals surface area contributed by atoms with Crippen molar-refractivity contribution < 1.29 is 19.4 Å². The molecule has 0 bridgehead atoms. The van der Waals surface area contributed by atoms with Crippen LogP contribution in [-0.4, -0.2) is 22.5 Å². The van der Waals surface area contributed by atoms with E-state index in [2.05, 4.69) is 19.8 Å². The molecule has 5 rings (SSSR count). The van der Waals surface area contributed by atoms with Crippen molar-refractivity contribution in [3.8, 4) is 12.3 Å². The molecule has 4 aliphatic carbocycles. The number of carbonyl (C=O) groups is 2. The van der Waals surface area contributed by atoms with Crippen LogP contribution in [-0.2, 0) is 9.53 Å². The zero-order valence-electron chi connectivity index (χ0n) is 19.7. The number of allylic oxidation sites excluding steroid dienone is 1. The zero-order chi connectivity index (χ0) is 23.4. The topological polar surface area (TPSA) is 63.6 Å². The van der Waals surface area contributed by atoms with Gasteiger partial charge in [0.1, 0.15) is 11.9 Å². The summed E-state index contributed by atoms with van der Waals surface area (Å²) in [5, 5.41) is 11.2. The van der Waals surface area contributed by atoms with Gasteiger partial charge in [-0.1, -0.05) is 38.0 Å². The summed E-state index contributed by atoms with van der Waals surface area (Å²) >= 11 is 0. The van der Waals surface area contributed by atoms with Crippen molar-refractivity contribution in [3.05, 3.63) is 47.7 Å². The normalized spacial score (nSPS) is 43.2. The molecule has 0 saturated heterocycles. The first-order chi connectivity index (χ1) is 15.7. The Hall–Kier alpha value is -2.38. The SMILES string of the molecule is C#C[C@]1(O)CC[C@H]2[C@@H]3CC[C@H]4CC(=O)C(=COC(=O)c5ccccc5)C[C@]4(C)[C@H]3CC[C@@]21C. The van der Waals surface area contributed by atoms with Gasteiger partial charge in [-0.15, -0.1) is 6.42 Å². The number of fused-ring (bicyclic) bond motifs is 5. The molecule has 0 aliphatic heterocycles. The van der Waals surface area contributed by atoms with E-state index in [0.717, 1.165) is 32.1 Å². The largest absolute Gasteiger partial charge is 0.430 e. The lowest BCUT2D eigenvalue weighted by atomic mass is 9.44. The molecule has 33 heavy (non-hydrogen) atoms. The van der Waals surface area contributed by atoms with Gasteiger partial charge in [0.25, 0.3) is 0 Å². The van der Waals surface area contributed by atoms with Crippen LogP contribution in [0.25, 0.3) is 0 Å². The zero-order valence-corrected chi connectivity index (χ0v) is 19.7. The van der Waals surface area contributed by atoms with Crippen LogP contribution >= 0.6 is 0 Å². The highest BCUT2D eigenvalue weighted by Gasteiger charge is 2.64. The molecule has 1 aromatic carbocycles. The second-order valence-corrected chi connectivity index (χ2v) is 11.4. The van der Waals surface area contributed by atoms with Gasteiger partial charge in [-0.25, -0.2) is 4.79 Å². The lowest BCUT2D eigenvalue weighted by molar-refractivity contribution is -0.140. The number of hydrogen-bond acceptors (Lipinski definition) is 4. The van der Waals surface area contributed by atoms with Gasteiger partial charge in [0, 0.05) is 17.4 Å². The summed E-state index contributed by atoms with van der Waals surface area (Å²) in [6, 6.07) is 8.87. The lowest BCUT2D eigenvalue weighted by Gasteiger charge is -2.60. The Bertz CT molecular complexity index is 1040. The van der Waals surface area contributed by atoms with Gasteiger partial charge < -0.3 is 9.84 Å². The second-order valence-electron chi connectivity index (χ2n) is 11.4. The fourth-order valence-electron chi connectivity index (χ4n) is 8.14. The Balaban J connectivity index is 1.38. The van der Waals surface area contributed by atoms with Gasteiger partial charge in [0.2, 0.25) is 0 Å². The Kier molecular flexibility index (Phi) is 5.33. The Morgan fingerprint density at radius 2 is 1.85 bits per heavy atom. The molecule has 4 nitrogen and oxygen atoms in total.